The van der Waals surface area contributed by atoms with E-state index in [9.17, 15) is 10.5 Å². The highest BCUT2D eigenvalue weighted by Crippen LogP contribution is 2.28. The van der Waals surface area contributed by atoms with Gasteiger partial charge in [-0.1, -0.05) is 24.8 Å². The lowest BCUT2D eigenvalue weighted by Gasteiger charge is -2.10. The van der Waals surface area contributed by atoms with Crippen molar-refractivity contribution in [1.82, 2.24) is 9.97 Å². The summed E-state index contributed by atoms with van der Waals surface area (Å²) in [5.74, 6) is 0.262. The van der Waals surface area contributed by atoms with Crippen molar-refractivity contribution in [3.63, 3.8) is 0 Å². The first-order valence-electron chi connectivity index (χ1n) is 8.07. The molecule has 2 aromatic rings. The first-order chi connectivity index (χ1) is 12.6. The smallest absolute Gasteiger partial charge is 0.119 e. The molecule has 1 aliphatic heterocycles. The number of nitrogen functional groups attached to an aromatic ring is 1. The number of aromatic nitrogens is 2. The van der Waals surface area contributed by atoms with Crippen LogP contribution < -0.4 is 16.2 Å². The minimum Gasteiger partial charge on any atom is -0.384 e. The second-order valence-corrected chi connectivity index (χ2v) is 6.21. The molecule has 124 valence electrons. The zero-order chi connectivity index (χ0) is 18.4. The lowest BCUT2D eigenvalue weighted by Crippen LogP contribution is -2.21. The van der Waals surface area contributed by atoms with Gasteiger partial charge in [-0.2, -0.15) is 10.5 Å². The van der Waals surface area contributed by atoms with Gasteiger partial charge in [-0.3, -0.25) is 0 Å². The average Bonchev–Trinajstić information content (AvgIpc) is 3.15. The molecule has 5 heteroatoms. The van der Waals surface area contributed by atoms with Gasteiger partial charge in [0.1, 0.15) is 18.0 Å². The van der Waals surface area contributed by atoms with Gasteiger partial charge in [-0.15, -0.1) is 0 Å². The van der Waals surface area contributed by atoms with Gasteiger partial charge < -0.3 is 15.7 Å². The maximum absolute atomic E-state index is 9.60. The number of hydrogen-bond acceptors (Lipinski definition) is 3. The number of nitriles is 2. The van der Waals surface area contributed by atoms with E-state index in [1.54, 1.807) is 0 Å². The third kappa shape index (κ3) is 2.02. The van der Waals surface area contributed by atoms with Crippen LogP contribution in [-0.2, 0) is 0 Å². The maximum Gasteiger partial charge on any atom is 0.119 e. The standard InChI is InChI=1S/C21H15N5/c1-11-15(7-13-10-25-18-6-4-3-5-14(13)18)19-12(2)17(9-23)21(24)26-20(19)16(11)8-22/h3-7,10,25-26H,1,24H2,2H3/b15-7-. The van der Waals surface area contributed by atoms with Gasteiger partial charge in [0.05, 0.1) is 16.8 Å². The minimum atomic E-state index is 0.262. The summed E-state index contributed by atoms with van der Waals surface area (Å²) in [6.07, 6.45) is 3.93. The number of para-hydroxylation sites is 1. The molecule has 0 bridgehead atoms. The molecule has 0 spiro atoms. The molecule has 1 aliphatic carbocycles. The molecule has 0 radical (unpaired) electrons. The first-order valence-corrected chi connectivity index (χ1v) is 8.07. The SMILES string of the molecule is C=c1c(C#N)c2[nH]c(N)c(C#N)c(C)c-2/c1=C\c1c[nH]c2ccccc12. The van der Waals surface area contributed by atoms with Crippen LogP contribution in [0.5, 0.6) is 0 Å². The number of benzene rings is 1. The van der Waals surface area contributed by atoms with E-state index in [4.69, 9.17) is 5.73 Å². The van der Waals surface area contributed by atoms with Crippen molar-refractivity contribution >= 4 is 29.4 Å². The van der Waals surface area contributed by atoms with Crippen molar-refractivity contribution < 1.29 is 0 Å². The number of H-pyrrole nitrogens is 2. The third-order valence-corrected chi connectivity index (χ3v) is 4.82. The number of nitrogens with zero attached hydrogens (tertiary/aromatic N) is 2. The number of nitrogens with one attached hydrogen (secondary N) is 2. The number of fused-ring (bicyclic) bond motifs is 2. The summed E-state index contributed by atoms with van der Waals surface area (Å²) in [6.45, 7) is 5.95. The summed E-state index contributed by atoms with van der Waals surface area (Å²) >= 11 is 0. The van der Waals surface area contributed by atoms with E-state index in [0.29, 0.717) is 22.0 Å². The second-order valence-electron chi connectivity index (χ2n) is 6.21. The molecule has 1 aromatic carbocycles. The van der Waals surface area contributed by atoms with Crippen molar-refractivity contribution in [3.05, 3.63) is 63.2 Å². The van der Waals surface area contributed by atoms with E-state index in [1.165, 1.54) is 0 Å². The maximum atomic E-state index is 9.60. The van der Waals surface area contributed by atoms with Crippen LogP contribution in [0.1, 0.15) is 22.3 Å². The Morgan fingerprint density at radius 3 is 2.62 bits per heavy atom. The zero-order valence-electron chi connectivity index (χ0n) is 14.1. The Kier molecular flexibility index (Phi) is 3.32. The Labute approximate surface area is 149 Å². The molecular formula is C21H15N5. The Morgan fingerprint density at radius 2 is 1.88 bits per heavy atom. The van der Waals surface area contributed by atoms with E-state index in [1.807, 2.05) is 43.5 Å². The minimum absolute atomic E-state index is 0.262. The van der Waals surface area contributed by atoms with Crippen LogP contribution in [0.15, 0.2) is 30.5 Å². The van der Waals surface area contributed by atoms with Gasteiger partial charge in [0.15, 0.2) is 0 Å². The predicted molar refractivity (Wildman–Crippen MR) is 103 cm³/mol. The Balaban J connectivity index is 2.17. The van der Waals surface area contributed by atoms with Crippen molar-refractivity contribution in [1.29, 1.82) is 10.5 Å². The molecule has 4 N–H and O–H groups in total. The zero-order valence-corrected chi connectivity index (χ0v) is 14.1. The van der Waals surface area contributed by atoms with Crippen LogP contribution in [0.4, 0.5) is 5.82 Å². The summed E-state index contributed by atoms with van der Waals surface area (Å²) in [6, 6.07) is 12.3. The van der Waals surface area contributed by atoms with E-state index in [0.717, 1.165) is 32.8 Å². The summed E-state index contributed by atoms with van der Waals surface area (Å²) in [4.78, 5) is 6.26. The van der Waals surface area contributed by atoms with Crippen molar-refractivity contribution in [2.75, 3.05) is 5.73 Å². The van der Waals surface area contributed by atoms with Crippen LogP contribution in [0.25, 0.3) is 34.8 Å². The highest BCUT2D eigenvalue weighted by Gasteiger charge is 2.21. The average molecular weight is 337 g/mol. The molecule has 0 unspecified atom stereocenters. The quantitative estimate of drug-likeness (QED) is 0.497. The highest BCUT2D eigenvalue weighted by atomic mass is 14.9. The molecule has 0 saturated carbocycles. The van der Waals surface area contributed by atoms with Crippen LogP contribution in [0.3, 0.4) is 0 Å². The van der Waals surface area contributed by atoms with Crippen molar-refractivity contribution in [2.45, 2.75) is 6.92 Å². The monoisotopic (exact) mass is 337 g/mol. The fraction of sp³-hybridized carbons (Fsp3) is 0.0476. The van der Waals surface area contributed by atoms with Crippen LogP contribution >= 0.6 is 0 Å². The molecule has 2 aliphatic rings. The summed E-state index contributed by atoms with van der Waals surface area (Å²) in [5, 5.41) is 21.6. The van der Waals surface area contributed by atoms with E-state index >= 15 is 0 Å². The number of pyridine rings is 1. The van der Waals surface area contributed by atoms with Gasteiger partial charge in [-0.25, -0.2) is 0 Å². The molecule has 1 aromatic heterocycles. The van der Waals surface area contributed by atoms with E-state index < -0.39 is 0 Å². The van der Waals surface area contributed by atoms with Gasteiger partial charge in [-0.05, 0) is 35.1 Å². The fourth-order valence-corrected chi connectivity index (χ4v) is 3.53. The molecule has 0 fully saturated rings. The number of aromatic amines is 2. The second kappa shape index (κ2) is 5.54. The lowest BCUT2D eigenvalue weighted by molar-refractivity contribution is 1.26. The van der Waals surface area contributed by atoms with Gasteiger partial charge in [0, 0.05) is 28.2 Å². The molecule has 5 nitrogen and oxygen atoms in total. The number of nitrogens with two attached hydrogens (primary N) is 1. The number of rotatable bonds is 1. The van der Waals surface area contributed by atoms with Crippen LogP contribution in [0, 0.1) is 29.6 Å². The highest BCUT2D eigenvalue weighted by molar-refractivity contribution is 5.90. The molecule has 4 rings (SSSR count). The van der Waals surface area contributed by atoms with Gasteiger partial charge in [0.25, 0.3) is 0 Å². The van der Waals surface area contributed by atoms with Crippen molar-refractivity contribution in [3.8, 4) is 23.4 Å². The predicted octanol–water partition coefficient (Wildman–Crippen LogP) is 2.47. The largest absolute Gasteiger partial charge is 0.384 e. The molecule has 0 saturated heterocycles. The Hall–Kier alpha value is -3.96. The summed E-state index contributed by atoms with van der Waals surface area (Å²) in [5.41, 5.74) is 11.0. The molecular weight excluding hydrogens is 322 g/mol. The number of anilines is 1. The number of hydrogen-bond donors (Lipinski definition) is 3. The van der Waals surface area contributed by atoms with E-state index in [2.05, 4.69) is 28.7 Å². The van der Waals surface area contributed by atoms with Gasteiger partial charge in [0.2, 0.25) is 0 Å². The first kappa shape index (κ1) is 15.6. The Morgan fingerprint density at radius 1 is 1.15 bits per heavy atom. The normalized spacial score (nSPS) is 11.7. The Bertz CT molecular complexity index is 1340. The fourth-order valence-electron chi connectivity index (χ4n) is 3.53. The molecule has 0 atom stereocenters. The van der Waals surface area contributed by atoms with Gasteiger partial charge >= 0.3 is 0 Å². The van der Waals surface area contributed by atoms with Crippen molar-refractivity contribution in [2.24, 2.45) is 0 Å². The molecule has 0 amide bonds. The van der Waals surface area contributed by atoms with Crippen LogP contribution in [-0.4, -0.2) is 9.97 Å². The molecule has 26 heavy (non-hydrogen) atoms. The molecule has 2 heterocycles. The van der Waals surface area contributed by atoms with Crippen LogP contribution in [0.2, 0.25) is 0 Å². The lowest BCUT2D eigenvalue weighted by atomic mass is 10.0. The van der Waals surface area contributed by atoms with E-state index in [-0.39, 0.29) is 5.82 Å². The summed E-state index contributed by atoms with van der Waals surface area (Å²) in [7, 11) is 0. The third-order valence-electron chi connectivity index (χ3n) is 4.82. The summed E-state index contributed by atoms with van der Waals surface area (Å²) < 4.78 is 0. The topological polar surface area (TPSA) is 105 Å².